The topological polar surface area (TPSA) is 64.3 Å². The SMILES string of the molecule is CCOC1CC(N)(C(=O)N[C@@H](C)c2cccs2)C1(C)C. The lowest BCUT2D eigenvalue weighted by Crippen LogP contribution is -2.75. The Hall–Kier alpha value is -0.910. The van der Waals surface area contributed by atoms with Crippen LogP contribution in [0.1, 0.15) is 45.0 Å². The van der Waals surface area contributed by atoms with E-state index in [0.717, 1.165) is 4.88 Å². The predicted molar refractivity (Wildman–Crippen MR) is 81.6 cm³/mol. The van der Waals surface area contributed by atoms with Gasteiger partial charge in [-0.15, -0.1) is 11.3 Å². The van der Waals surface area contributed by atoms with Crippen LogP contribution in [-0.4, -0.2) is 24.2 Å². The minimum atomic E-state index is -0.849. The van der Waals surface area contributed by atoms with Crippen molar-refractivity contribution in [1.29, 1.82) is 0 Å². The van der Waals surface area contributed by atoms with Crippen molar-refractivity contribution in [3.05, 3.63) is 22.4 Å². The van der Waals surface area contributed by atoms with Crippen LogP contribution >= 0.6 is 11.3 Å². The molecule has 1 saturated carbocycles. The maximum absolute atomic E-state index is 12.5. The third kappa shape index (κ3) is 2.38. The van der Waals surface area contributed by atoms with Gasteiger partial charge in [-0.3, -0.25) is 4.79 Å². The molecule has 20 heavy (non-hydrogen) atoms. The van der Waals surface area contributed by atoms with Crippen molar-refractivity contribution in [1.82, 2.24) is 5.32 Å². The molecule has 0 saturated heterocycles. The lowest BCUT2D eigenvalue weighted by molar-refractivity contribution is -0.171. The molecule has 1 amide bonds. The van der Waals surface area contributed by atoms with E-state index in [1.165, 1.54) is 0 Å². The van der Waals surface area contributed by atoms with E-state index < -0.39 is 5.54 Å². The fraction of sp³-hybridized carbons (Fsp3) is 0.667. The van der Waals surface area contributed by atoms with E-state index in [1.54, 1.807) is 11.3 Å². The van der Waals surface area contributed by atoms with Gasteiger partial charge in [0.05, 0.1) is 12.1 Å². The molecule has 1 aliphatic carbocycles. The number of ether oxygens (including phenoxy) is 1. The van der Waals surface area contributed by atoms with Crippen LogP contribution in [-0.2, 0) is 9.53 Å². The molecule has 1 fully saturated rings. The van der Waals surface area contributed by atoms with Crippen LogP contribution in [0.2, 0.25) is 0 Å². The Balaban J connectivity index is 2.03. The van der Waals surface area contributed by atoms with Crippen molar-refractivity contribution in [3.8, 4) is 0 Å². The summed E-state index contributed by atoms with van der Waals surface area (Å²) in [6.07, 6.45) is 0.636. The van der Waals surface area contributed by atoms with Crippen molar-refractivity contribution in [2.45, 2.75) is 51.8 Å². The number of hydrogen-bond acceptors (Lipinski definition) is 4. The van der Waals surface area contributed by atoms with Gasteiger partial charge in [0.25, 0.3) is 0 Å². The van der Waals surface area contributed by atoms with Crippen LogP contribution in [0, 0.1) is 5.41 Å². The molecular formula is C15H24N2O2S. The van der Waals surface area contributed by atoms with E-state index in [9.17, 15) is 4.79 Å². The molecule has 2 rings (SSSR count). The Kier molecular flexibility index (Phi) is 4.23. The lowest BCUT2D eigenvalue weighted by Gasteiger charge is -2.57. The number of amides is 1. The molecule has 1 aromatic heterocycles. The van der Waals surface area contributed by atoms with Gasteiger partial charge in [-0.05, 0) is 25.3 Å². The first kappa shape index (κ1) is 15.5. The zero-order valence-corrected chi connectivity index (χ0v) is 13.4. The zero-order valence-electron chi connectivity index (χ0n) is 12.6. The number of carbonyl (C=O) groups is 1. The molecule has 0 aliphatic heterocycles. The van der Waals surface area contributed by atoms with E-state index >= 15 is 0 Å². The summed E-state index contributed by atoms with van der Waals surface area (Å²) in [5, 5.41) is 5.04. The number of rotatable bonds is 5. The Morgan fingerprint density at radius 1 is 1.65 bits per heavy atom. The third-order valence-corrected chi connectivity index (χ3v) is 5.61. The van der Waals surface area contributed by atoms with Gasteiger partial charge in [0, 0.05) is 23.3 Å². The molecular weight excluding hydrogens is 272 g/mol. The molecule has 112 valence electrons. The quantitative estimate of drug-likeness (QED) is 0.877. The van der Waals surface area contributed by atoms with Crippen LogP contribution in [0.15, 0.2) is 17.5 Å². The number of thiophene rings is 1. The van der Waals surface area contributed by atoms with Crippen molar-refractivity contribution < 1.29 is 9.53 Å². The van der Waals surface area contributed by atoms with E-state index in [0.29, 0.717) is 13.0 Å². The third-order valence-electron chi connectivity index (χ3n) is 4.55. The maximum Gasteiger partial charge on any atom is 0.241 e. The molecule has 0 aromatic carbocycles. The summed E-state index contributed by atoms with van der Waals surface area (Å²) in [6, 6.07) is 4.00. The first-order valence-electron chi connectivity index (χ1n) is 7.07. The monoisotopic (exact) mass is 296 g/mol. The summed E-state index contributed by atoms with van der Waals surface area (Å²) in [5.41, 5.74) is 5.16. The zero-order chi connectivity index (χ0) is 15.0. The highest BCUT2D eigenvalue weighted by Crippen LogP contribution is 2.50. The van der Waals surface area contributed by atoms with E-state index in [2.05, 4.69) is 5.32 Å². The molecule has 1 heterocycles. The van der Waals surface area contributed by atoms with E-state index in [1.807, 2.05) is 45.2 Å². The van der Waals surface area contributed by atoms with Gasteiger partial charge in [0.15, 0.2) is 0 Å². The van der Waals surface area contributed by atoms with Crippen molar-refractivity contribution in [2.24, 2.45) is 11.1 Å². The van der Waals surface area contributed by atoms with Gasteiger partial charge in [0.2, 0.25) is 5.91 Å². The standard InChI is InChI=1S/C15H24N2O2S/c1-5-19-12-9-15(16,14(12,3)4)13(18)17-10(2)11-7-6-8-20-11/h6-8,10,12H,5,9,16H2,1-4H3,(H,17,18)/t10-,12?,15?/m0/s1. The van der Waals surface area contributed by atoms with Crippen LogP contribution in [0.25, 0.3) is 0 Å². The van der Waals surface area contributed by atoms with Crippen molar-refractivity contribution >= 4 is 17.2 Å². The first-order chi connectivity index (χ1) is 9.33. The second-order valence-corrected chi connectivity index (χ2v) is 7.03. The molecule has 2 unspecified atom stereocenters. The second kappa shape index (κ2) is 5.47. The molecule has 3 N–H and O–H groups in total. The fourth-order valence-electron chi connectivity index (χ4n) is 2.75. The smallest absolute Gasteiger partial charge is 0.241 e. The van der Waals surface area contributed by atoms with Crippen LogP contribution < -0.4 is 11.1 Å². The highest BCUT2D eigenvalue weighted by atomic mass is 32.1. The van der Waals surface area contributed by atoms with Gasteiger partial charge in [-0.2, -0.15) is 0 Å². The lowest BCUT2D eigenvalue weighted by atomic mass is 9.54. The first-order valence-corrected chi connectivity index (χ1v) is 7.95. The number of hydrogen-bond donors (Lipinski definition) is 2. The number of nitrogens with two attached hydrogens (primary N) is 1. The minimum Gasteiger partial charge on any atom is -0.378 e. The van der Waals surface area contributed by atoms with Crippen LogP contribution in [0.3, 0.4) is 0 Å². The summed E-state index contributed by atoms with van der Waals surface area (Å²) >= 11 is 1.64. The van der Waals surface area contributed by atoms with Crippen LogP contribution in [0.5, 0.6) is 0 Å². The average Bonchev–Trinajstić information content (AvgIpc) is 2.92. The van der Waals surface area contributed by atoms with Gasteiger partial charge < -0.3 is 15.8 Å². The molecule has 1 aromatic rings. The van der Waals surface area contributed by atoms with Crippen LogP contribution in [0.4, 0.5) is 0 Å². The van der Waals surface area contributed by atoms with Gasteiger partial charge >= 0.3 is 0 Å². The Labute approximate surface area is 124 Å². The molecule has 3 atom stereocenters. The number of carbonyl (C=O) groups excluding carboxylic acids is 1. The second-order valence-electron chi connectivity index (χ2n) is 6.05. The highest BCUT2D eigenvalue weighted by Gasteiger charge is 2.62. The molecule has 0 spiro atoms. The molecule has 0 radical (unpaired) electrons. The minimum absolute atomic E-state index is 0.00938. The molecule has 4 nitrogen and oxygen atoms in total. The predicted octanol–water partition coefficient (Wildman–Crippen LogP) is 2.46. The fourth-order valence-corrected chi connectivity index (χ4v) is 3.49. The normalized spacial score (nSPS) is 29.6. The summed E-state index contributed by atoms with van der Waals surface area (Å²) in [5.74, 6) is -0.0839. The molecule has 5 heteroatoms. The van der Waals surface area contributed by atoms with Gasteiger partial charge in [-0.1, -0.05) is 19.9 Å². The Bertz CT molecular complexity index is 472. The van der Waals surface area contributed by atoms with Gasteiger partial charge in [0.1, 0.15) is 5.54 Å². The summed E-state index contributed by atoms with van der Waals surface area (Å²) in [7, 11) is 0. The van der Waals surface area contributed by atoms with E-state index in [-0.39, 0.29) is 23.5 Å². The average molecular weight is 296 g/mol. The van der Waals surface area contributed by atoms with E-state index in [4.69, 9.17) is 10.5 Å². The van der Waals surface area contributed by atoms with Crippen molar-refractivity contribution in [2.75, 3.05) is 6.61 Å². The Morgan fingerprint density at radius 2 is 2.35 bits per heavy atom. The van der Waals surface area contributed by atoms with Gasteiger partial charge in [-0.25, -0.2) is 0 Å². The largest absolute Gasteiger partial charge is 0.378 e. The maximum atomic E-state index is 12.5. The Morgan fingerprint density at radius 3 is 2.85 bits per heavy atom. The molecule has 1 aliphatic rings. The summed E-state index contributed by atoms with van der Waals surface area (Å²) in [6.45, 7) is 8.61. The summed E-state index contributed by atoms with van der Waals surface area (Å²) in [4.78, 5) is 13.7. The number of nitrogens with one attached hydrogen (secondary N) is 1. The summed E-state index contributed by atoms with van der Waals surface area (Å²) < 4.78 is 5.66. The highest BCUT2D eigenvalue weighted by molar-refractivity contribution is 7.10. The van der Waals surface area contributed by atoms with Crippen molar-refractivity contribution in [3.63, 3.8) is 0 Å². The molecule has 0 bridgehead atoms.